The SMILES string of the molecule is CCC1CCCCN1S(=O)(=O)c1ccc(CC#N)cc1. The third-order valence-corrected chi connectivity index (χ3v) is 5.82. The molecule has 20 heavy (non-hydrogen) atoms. The molecule has 1 saturated heterocycles. The fourth-order valence-electron chi connectivity index (χ4n) is 2.70. The van der Waals surface area contributed by atoms with Crippen LogP contribution in [0.15, 0.2) is 29.2 Å². The van der Waals surface area contributed by atoms with E-state index in [1.807, 2.05) is 6.92 Å². The summed E-state index contributed by atoms with van der Waals surface area (Å²) < 4.78 is 27.0. The molecule has 1 heterocycles. The first-order valence-corrected chi connectivity index (χ1v) is 8.51. The van der Waals surface area contributed by atoms with Crippen LogP contribution in [-0.4, -0.2) is 25.3 Å². The molecule has 4 nitrogen and oxygen atoms in total. The normalized spacial score (nSPS) is 20.5. The Labute approximate surface area is 121 Å². The summed E-state index contributed by atoms with van der Waals surface area (Å²) in [6.07, 6.45) is 4.14. The number of nitriles is 1. The monoisotopic (exact) mass is 292 g/mol. The summed E-state index contributed by atoms with van der Waals surface area (Å²) in [5.41, 5.74) is 0.845. The predicted molar refractivity (Wildman–Crippen MR) is 77.6 cm³/mol. The molecule has 0 spiro atoms. The largest absolute Gasteiger partial charge is 0.243 e. The molecule has 0 bridgehead atoms. The molecule has 1 fully saturated rings. The van der Waals surface area contributed by atoms with Crippen molar-refractivity contribution in [3.05, 3.63) is 29.8 Å². The van der Waals surface area contributed by atoms with Gasteiger partial charge in [0.25, 0.3) is 0 Å². The van der Waals surface area contributed by atoms with E-state index in [2.05, 4.69) is 6.07 Å². The van der Waals surface area contributed by atoms with E-state index in [1.165, 1.54) is 0 Å². The molecule has 1 aliphatic heterocycles. The Morgan fingerprint density at radius 3 is 2.60 bits per heavy atom. The number of hydrogen-bond donors (Lipinski definition) is 0. The molecule has 5 heteroatoms. The van der Waals surface area contributed by atoms with Crippen LogP contribution in [-0.2, 0) is 16.4 Å². The molecule has 0 aliphatic carbocycles. The van der Waals surface area contributed by atoms with Crippen molar-refractivity contribution in [3.8, 4) is 6.07 Å². The fraction of sp³-hybridized carbons (Fsp3) is 0.533. The standard InChI is InChI=1S/C15H20N2O2S/c1-2-14-5-3-4-12-17(14)20(18,19)15-8-6-13(7-9-15)10-11-16/h6-9,14H,2-5,10,12H2,1H3. The first kappa shape index (κ1) is 15.0. The van der Waals surface area contributed by atoms with Crippen LogP contribution < -0.4 is 0 Å². The van der Waals surface area contributed by atoms with Crippen molar-refractivity contribution >= 4 is 10.0 Å². The van der Waals surface area contributed by atoms with Gasteiger partial charge in [-0.1, -0.05) is 25.5 Å². The minimum Gasteiger partial charge on any atom is -0.207 e. The van der Waals surface area contributed by atoms with Gasteiger partial charge in [-0.15, -0.1) is 0 Å². The highest BCUT2D eigenvalue weighted by Crippen LogP contribution is 2.27. The molecule has 0 saturated carbocycles. The van der Waals surface area contributed by atoms with E-state index in [4.69, 9.17) is 5.26 Å². The Morgan fingerprint density at radius 2 is 2.00 bits per heavy atom. The van der Waals surface area contributed by atoms with Crippen LogP contribution in [0.5, 0.6) is 0 Å². The van der Waals surface area contributed by atoms with E-state index in [0.717, 1.165) is 31.2 Å². The summed E-state index contributed by atoms with van der Waals surface area (Å²) in [6.45, 7) is 2.65. The molecule has 1 atom stereocenters. The van der Waals surface area contributed by atoms with Crippen LogP contribution in [0, 0.1) is 11.3 Å². The Morgan fingerprint density at radius 1 is 1.30 bits per heavy atom. The third kappa shape index (κ3) is 3.02. The Hall–Kier alpha value is -1.38. The Kier molecular flexibility index (Phi) is 4.79. The van der Waals surface area contributed by atoms with Gasteiger partial charge in [-0.3, -0.25) is 0 Å². The summed E-state index contributed by atoms with van der Waals surface area (Å²) in [6, 6.07) is 8.86. The first-order chi connectivity index (χ1) is 9.59. The van der Waals surface area contributed by atoms with Crippen LogP contribution in [0.4, 0.5) is 0 Å². The second-order valence-electron chi connectivity index (χ2n) is 5.15. The second-order valence-corrected chi connectivity index (χ2v) is 7.04. The summed E-state index contributed by atoms with van der Waals surface area (Å²) in [5.74, 6) is 0. The predicted octanol–water partition coefficient (Wildman–Crippen LogP) is 2.71. The fourth-order valence-corrected chi connectivity index (χ4v) is 4.47. The minimum atomic E-state index is -3.40. The number of hydrogen-bond acceptors (Lipinski definition) is 3. The van der Waals surface area contributed by atoms with Gasteiger partial charge in [0, 0.05) is 12.6 Å². The number of benzene rings is 1. The van der Waals surface area contributed by atoms with Crippen molar-refractivity contribution in [2.75, 3.05) is 6.54 Å². The van der Waals surface area contributed by atoms with E-state index in [9.17, 15) is 8.42 Å². The molecule has 1 aliphatic rings. The smallest absolute Gasteiger partial charge is 0.207 e. The van der Waals surface area contributed by atoms with Gasteiger partial charge in [-0.2, -0.15) is 9.57 Å². The number of rotatable bonds is 4. The zero-order valence-corrected chi connectivity index (χ0v) is 12.6. The van der Waals surface area contributed by atoms with Crippen molar-refractivity contribution in [1.29, 1.82) is 5.26 Å². The molecule has 0 N–H and O–H groups in total. The molecule has 0 aromatic heterocycles. The summed E-state index contributed by atoms with van der Waals surface area (Å²) >= 11 is 0. The number of sulfonamides is 1. The van der Waals surface area contributed by atoms with Gasteiger partial charge in [-0.05, 0) is 37.0 Å². The lowest BCUT2D eigenvalue weighted by molar-refractivity contribution is 0.246. The first-order valence-electron chi connectivity index (χ1n) is 7.07. The maximum absolute atomic E-state index is 12.7. The van der Waals surface area contributed by atoms with E-state index in [-0.39, 0.29) is 6.04 Å². The van der Waals surface area contributed by atoms with Gasteiger partial charge >= 0.3 is 0 Å². The van der Waals surface area contributed by atoms with Crippen LogP contribution in [0.25, 0.3) is 0 Å². The molecular formula is C15H20N2O2S. The van der Waals surface area contributed by atoms with Gasteiger partial charge < -0.3 is 0 Å². The summed E-state index contributed by atoms with van der Waals surface area (Å²) in [7, 11) is -3.40. The average Bonchev–Trinajstić information content (AvgIpc) is 2.48. The van der Waals surface area contributed by atoms with E-state index in [0.29, 0.717) is 17.9 Å². The molecule has 1 aromatic rings. The highest BCUT2D eigenvalue weighted by molar-refractivity contribution is 7.89. The molecule has 1 aromatic carbocycles. The minimum absolute atomic E-state index is 0.118. The maximum Gasteiger partial charge on any atom is 0.243 e. The average molecular weight is 292 g/mol. The summed E-state index contributed by atoms with van der Waals surface area (Å²) in [4.78, 5) is 0.333. The molecular weight excluding hydrogens is 272 g/mol. The van der Waals surface area contributed by atoms with Crippen LogP contribution in [0.1, 0.15) is 38.2 Å². The van der Waals surface area contributed by atoms with E-state index in [1.54, 1.807) is 28.6 Å². The summed E-state index contributed by atoms with van der Waals surface area (Å²) in [5, 5.41) is 8.64. The Balaban J connectivity index is 2.27. The number of nitrogens with zero attached hydrogens (tertiary/aromatic N) is 2. The highest BCUT2D eigenvalue weighted by atomic mass is 32.2. The number of piperidine rings is 1. The van der Waals surface area contributed by atoms with Gasteiger partial charge in [0.2, 0.25) is 10.0 Å². The van der Waals surface area contributed by atoms with Crippen molar-refractivity contribution in [1.82, 2.24) is 4.31 Å². The zero-order valence-electron chi connectivity index (χ0n) is 11.7. The lowest BCUT2D eigenvalue weighted by Gasteiger charge is -2.34. The second kappa shape index (κ2) is 6.38. The van der Waals surface area contributed by atoms with Crippen LogP contribution >= 0.6 is 0 Å². The van der Waals surface area contributed by atoms with E-state index < -0.39 is 10.0 Å². The lowest BCUT2D eigenvalue weighted by atomic mass is 10.0. The molecule has 0 amide bonds. The molecule has 1 unspecified atom stereocenters. The quantitative estimate of drug-likeness (QED) is 0.857. The van der Waals surface area contributed by atoms with Gasteiger partial charge in [0.15, 0.2) is 0 Å². The maximum atomic E-state index is 12.7. The van der Waals surface area contributed by atoms with Crippen molar-refractivity contribution in [3.63, 3.8) is 0 Å². The van der Waals surface area contributed by atoms with E-state index >= 15 is 0 Å². The Bertz CT molecular complexity index is 587. The highest BCUT2D eigenvalue weighted by Gasteiger charge is 2.32. The van der Waals surface area contributed by atoms with Gasteiger partial charge in [0.05, 0.1) is 17.4 Å². The topological polar surface area (TPSA) is 61.2 Å². The zero-order chi connectivity index (χ0) is 14.6. The van der Waals surface area contributed by atoms with Crippen molar-refractivity contribution in [2.24, 2.45) is 0 Å². The third-order valence-electron chi connectivity index (χ3n) is 3.86. The van der Waals surface area contributed by atoms with Gasteiger partial charge in [-0.25, -0.2) is 8.42 Å². The molecule has 108 valence electrons. The van der Waals surface area contributed by atoms with Crippen LogP contribution in [0.2, 0.25) is 0 Å². The lowest BCUT2D eigenvalue weighted by Crippen LogP contribution is -2.43. The molecule has 0 radical (unpaired) electrons. The van der Waals surface area contributed by atoms with Crippen molar-refractivity contribution in [2.45, 2.75) is 50.0 Å². The van der Waals surface area contributed by atoms with Crippen molar-refractivity contribution < 1.29 is 8.42 Å². The molecule has 2 rings (SSSR count). The van der Waals surface area contributed by atoms with Gasteiger partial charge in [0.1, 0.15) is 0 Å². The van der Waals surface area contributed by atoms with Crippen LogP contribution in [0.3, 0.4) is 0 Å².